The summed E-state index contributed by atoms with van der Waals surface area (Å²) in [6.45, 7) is 5.43. The van der Waals surface area contributed by atoms with Crippen LogP contribution in [-0.4, -0.2) is 26.2 Å². The predicted octanol–water partition coefficient (Wildman–Crippen LogP) is 7.54. The smallest absolute Gasteiger partial charge is 0.415 e. The highest BCUT2D eigenvalue weighted by Crippen LogP contribution is 2.38. The van der Waals surface area contributed by atoms with Crippen LogP contribution in [0.25, 0.3) is 10.8 Å². The molecular weight excluding hydrogens is 527 g/mol. The topological polar surface area (TPSA) is 67.6 Å². The lowest BCUT2D eigenvalue weighted by Gasteiger charge is -2.24. The van der Waals surface area contributed by atoms with E-state index in [1.807, 2.05) is 55.5 Å². The van der Waals surface area contributed by atoms with Crippen molar-refractivity contribution in [3.8, 4) is 5.75 Å². The zero-order chi connectivity index (χ0) is 29.7. The molecule has 1 amide bonds. The average molecular weight is 560 g/mol. The van der Waals surface area contributed by atoms with Gasteiger partial charge in [-0.15, -0.1) is 0 Å². The lowest BCUT2D eigenvalue weighted by Crippen LogP contribution is -2.29. The van der Waals surface area contributed by atoms with E-state index in [0.717, 1.165) is 39.3 Å². The molecule has 212 valence electrons. The number of rotatable bonds is 9. The van der Waals surface area contributed by atoms with Gasteiger partial charge in [-0.05, 0) is 58.3 Å². The molecule has 1 atom stereocenters. The van der Waals surface area contributed by atoms with Gasteiger partial charge in [0.25, 0.3) is 5.91 Å². The highest BCUT2D eigenvalue weighted by Gasteiger charge is 2.32. The molecule has 41 heavy (non-hydrogen) atoms. The molecular formula is C33H32F3N3O2. The van der Waals surface area contributed by atoms with Crippen molar-refractivity contribution in [3.05, 3.63) is 126 Å². The fourth-order valence-electron chi connectivity index (χ4n) is 4.74. The summed E-state index contributed by atoms with van der Waals surface area (Å²) in [6.07, 6.45) is -3.95. The number of allylic oxidation sites excluding steroid dienone is 2. The molecule has 0 fully saturated rings. The standard InChI is InChI=1S/C33H32F3N3O2/c1-21(33(34,35)36)17-29(39(3)27-13-7-9-23(18-27)20-37)32(40)38-26-12-8-11-25(19-26)22(2)31-28-14-6-5-10-24(28)15-16-30(31)41-4/h5-19,22H,1,20,37H2,2-4H3,(H,38,40)/b29-17-. The first-order chi connectivity index (χ1) is 19.5. The largest absolute Gasteiger partial charge is 0.496 e. The van der Waals surface area contributed by atoms with E-state index < -0.39 is 17.7 Å². The fourth-order valence-corrected chi connectivity index (χ4v) is 4.74. The van der Waals surface area contributed by atoms with Gasteiger partial charge in [0.2, 0.25) is 0 Å². The van der Waals surface area contributed by atoms with Crippen LogP contribution in [0.15, 0.2) is 109 Å². The van der Waals surface area contributed by atoms with Crippen molar-refractivity contribution in [2.24, 2.45) is 5.73 Å². The molecule has 0 heterocycles. The summed E-state index contributed by atoms with van der Waals surface area (Å²) in [5.74, 6) is -0.0963. The number of halogens is 3. The average Bonchev–Trinajstić information content (AvgIpc) is 2.98. The molecule has 1 unspecified atom stereocenters. The van der Waals surface area contributed by atoms with Crippen LogP contribution in [0.4, 0.5) is 24.5 Å². The second-order valence-electron chi connectivity index (χ2n) is 9.69. The molecule has 0 radical (unpaired) electrons. The second kappa shape index (κ2) is 12.3. The molecule has 0 bridgehead atoms. The molecule has 4 aromatic rings. The molecule has 0 aliphatic carbocycles. The third-order valence-corrected chi connectivity index (χ3v) is 7.03. The number of methoxy groups -OCH3 is 1. The Balaban J connectivity index is 1.69. The van der Waals surface area contributed by atoms with Gasteiger partial charge in [-0.1, -0.05) is 68.1 Å². The van der Waals surface area contributed by atoms with Gasteiger partial charge in [0, 0.05) is 36.4 Å². The summed E-state index contributed by atoms with van der Waals surface area (Å²) < 4.78 is 46.0. The van der Waals surface area contributed by atoms with Gasteiger partial charge in [0.1, 0.15) is 11.4 Å². The number of nitrogens with zero attached hydrogens (tertiary/aromatic N) is 1. The molecule has 0 aromatic heterocycles. The predicted molar refractivity (Wildman–Crippen MR) is 159 cm³/mol. The van der Waals surface area contributed by atoms with Gasteiger partial charge in [-0.2, -0.15) is 13.2 Å². The number of ether oxygens (including phenoxy) is 1. The van der Waals surface area contributed by atoms with Crippen LogP contribution in [-0.2, 0) is 11.3 Å². The fraction of sp³-hybridized carbons (Fsp3) is 0.182. The van der Waals surface area contributed by atoms with E-state index in [9.17, 15) is 18.0 Å². The van der Waals surface area contributed by atoms with Crippen molar-refractivity contribution in [2.45, 2.75) is 25.6 Å². The van der Waals surface area contributed by atoms with Crippen LogP contribution in [0.3, 0.4) is 0 Å². The Kier molecular flexibility index (Phi) is 8.83. The Labute approximate surface area is 237 Å². The molecule has 0 spiro atoms. The maximum Gasteiger partial charge on any atom is 0.415 e. The van der Waals surface area contributed by atoms with Crippen molar-refractivity contribution in [1.82, 2.24) is 0 Å². The Morgan fingerprint density at radius 3 is 2.49 bits per heavy atom. The van der Waals surface area contributed by atoms with E-state index in [4.69, 9.17) is 10.5 Å². The Bertz CT molecular complexity index is 1610. The minimum Gasteiger partial charge on any atom is -0.496 e. The van der Waals surface area contributed by atoms with Gasteiger partial charge < -0.3 is 20.7 Å². The summed E-state index contributed by atoms with van der Waals surface area (Å²) >= 11 is 0. The molecule has 0 saturated heterocycles. The summed E-state index contributed by atoms with van der Waals surface area (Å²) in [4.78, 5) is 14.9. The van der Waals surface area contributed by atoms with E-state index >= 15 is 0 Å². The van der Waals surface area contributed by atoms with Crippen LogP contribution < -0.4 is 20.7 Å². The monoisotopic (exact) mass is 559 g/mol. The second-order valence-corrected chi connectivity index (χ2v) is 9.69. The molecule has 3 N–H and O–H groups in total. The van der Waals surface area contributed by atoms with E-state index in [0.29, 0.717) is 11.4 Å². The SMILES string of the molecule is C=C(/C=C(/C(=O)Nc1cccc(C(C)c2c(OC)ccc3ccccc23)c1)N(C)c1cccc(CN)c1)C(F)(F)F. The number of carbonyl (C=O) groups is 1. The van der Waals surface area contributed by atoms with Crippen LogP contribution in [0.2, 0.25) is 0 Å². The minimum absolute atomic E-state index is 0.116. The van der Waals surface area contributed by atoms with E-state index in [2.05, 4.69) is 11.9 Å². The van der Waals surface area contributed by atoms with Gasteiger partial charge in [-0.25, -0.2) is 0 Å². The first-order valence-electron chi connectivity index (χ1n) is 13.0. The summed E-state index contributed by atoms with van der Waals surface area (Å²) in [7, 11) is 3.15. The van der Waals surface area contributed by atoms with E-state index in [1.54, 1.807) is 43.5 Å². The summed E-state index contributed by atoms with van der Waals surface area (Å²) in [6, 6.07) is 26.1. The van der Waals surface area contributed by atoms with E-state index in [1.165, 1.54) is 11.9 Å². The van der Waals surface area contributed by atoms with E-state index in [-0.39, 0.29) is 18.2 Å². The first-order valence-corrected chi connectivity index (χ1v) is 13.0. The number of anilines is 2. The Morgan fingerprint density at radius 1 is 1.05 bits per heavy atom. The van der Waals surface area contributed by atoms with Crippen LogP contribution >= 0.6 is 0 Å². The van der Waals surface area contributed by atoms with Crippen molar-refractivity contribution in [2.75, 3.05) is 24.4 Å². The molecule has 0 aliphatic heterocycles. The Morgan fingerprint density at radius 2 is 1.78 bits per heavy atom. The zero-order valence-corrected chi connectivity index (χ0v) is 23.1. The number of likely N-dealkylation sites (N-methyl/N-ethyl adjacent to an activating group) is 1. The molecule has 8 heteroatoms. The third-order valence-electron chi connectivity index (χ3n) is 7.03. The van der Waals surface area contributed by atoms with Gasteiger partial charge >= 0.3 is 6.18 Å². The third kappa shape index (κ3) is 6.61. The number of hydrogen-bond donors (Lipinski definition) is 2. The number of benzene rings is 4. The number of fused-ring (bicyclic) bond motifs is 1. The first kappa shape index (κ1) is 29.4. The number of nitrogens with one attached hydrogen (secondary N) is 1. The maximum absolute atomic E-state index is 13.5. The number of nitrogens with two attached hydrogens (primary N) is 1. The van der Waals surface area contributed by atoms with Gasteiger partial charge in [0.05, 0.1) is 12.7 Å². The highest BCUT2D eigenvalue weighted by atomic mass is 19.4. The normalized spacial score (nSPS) is 12.6. The number of hydrogen-bond acceptors (Lipinski definition) is 4. The van der Waals surface area contributed by atoms with Crippen molar-refractivity contribution in [1.29, 1.82) is 0 Å². The summed E-state index contributed by atoms with van der Waals surface area (Å²) in [5, 5.41) is 4.89. The highest BCUT2D eigenvalue weighted by molar-refractivity contribution is 6.06. The lowest BCUT2D eigenvalue weighted by atomic mass is 9.88. The van der Waals surface area contributed by atoms with Gasteiger partial charge in [0.15, 0.2) is 0 Å². The molecule has 4 aromatic carbocycles. The quantitative estimate of drug-likeness (QED) is 0.164. The van der Waals surface area contributed by atoms with Crippen molar-refractivity contribution >= 4 is 28.1 Å². The molecule has 0 saturated carbocycles. The van der Waals surface area contributed by atoms with Crippen LogP contribution in [0, 0.1) is 0 Å². The molecule has 0 aliphatic rings. The minimum atomic E-state index is -4.70. The number of alkyl halides is 3. The van der Waals surface area contributed by atoms with Gasteiger partial charge in [-0.3, -0.25) is 4.79 Å². The van der Waals surface area contributed by atoms with Crippen molar-refractivity contribution < 1.29 is 22.7 Å². The maximum atomic E-state index is 13.5. The van der Waals surface area contributed by atoms with Crippen LogP contribution in [0.1, 0.15) is 29.5 Å². The Hall–Kier alpha value is -4.56. The van der Waals surface area contributed by atoms with Crippen molar-refractivity contribution in [3.63, 3.8) is 0 Å². The van der Waals surface area contributed by atoms with Crippen LogP contribution in [0.5, 0.6) is 5.75 Å². The zero-order valence-electron chi connectivity index (χ0n) is 23.1. The molecule has 5 nitrogen and oxygen atoms in total. The summed E-state index contributed by atoms with van der Waals surface area (Å²) in [5.41, 5.74) is 7.98. The lowest BCUT2D eigenvalue weighted by molar-refractivity contribution is -0.112. The number of carbonyl (C=O) groups excluding carboxylic acids is 1. The molecule has 4 rings (SSSR count). The number of amides is 1.